The van der Waals surface area contributed by atoms with Gasteiger partial charge in [-0.15, -0.1) is 0 Å². The lowest BCUT2D eigenvalue weighted by Gasteiger charge is -2.19. The molecule has 0 spiro atoms. The molecule has 2 aliphatic rings. The molecule has 1 aliphatic carbocycles. The number of hydrogen-bond donors (Lipinski definition) is 0. The minimum atomic E-state index is 1.07. The van der Waals surface area contributed by atoms with Gasteiger partial charge in [0.25, 0.3) is 0 Å². The van der Waals surface area contributed by atoms with Gasteiger partial charge in [-0.3, -0.25) is 0 Å². The molecule has 1 aliphatic heterocycles. The summed E-state index contributed by atoms with van der Waals surface area (Å²) >= 11 is 0. The van der Waals surface area contributed by atoms with Crippen molar-refractivity contribution in [2.45, 2.75) is 19.3 Å². The number of methoxy groups -OCH3 is 1. The van der Waals surface area contributed by atoms with Crippen LogP contribution in [0.4, 0.5) is 0 Å². The summed E-state index contributed by atoms with van der Waals surface area (Å²) in [6.45, 7) is 1.18. The zero-order valence-corrected chi connectivity index (χ0v) is 7.76. The van der Waals surface area contributed by atoms with E-state index in [-0.39, 0.29) is 0 Å². The number of ether oxygens (including phenoxy) is 1. The summed E-state index contributed by atoms with van der Waals surface area (Å²) in [6.07, 6.45) is 5.63. The Hall–Kier alpha value is -0.920. The molecule has 0 saturated heterocycles. The summed E-state index contributed by atoms with van der Waals surface area (Å²) in [7, 11) is 3.93. The van der Waals surface area contributed by atoms with Crippen LogP contribution in [-0.2, 0) is 4.74 Å². The topological polar surface area (TPSA) is 12.5 Å². The fraction of sp³-hybridized carbons (Fsp3) is 0.600. The van der Waals surface area contributed by atoms with Gasteiger partial charge in [-0.1, -0.05) is 0 Å². The zero-order valence-electron chi connectivity index (χ0n) is 7.76. The van der Waals surface area contributed by atoms with E-state index >= 15 is 0 Å². The molecule has 12 heavy (non-hydrogen) atoms. The summed E-state index contributed by atoms with van der Waals surface area (Å²) in [5.74, 6) is 1.14. The maximum atomic E-state index is 5.24. The third kappa shape index (κ3) is 1.11. The fourth-order valence-corrected chi connectivity index (χ4v) is 1.99. The van der Waals surface area contributed by atoms with Crippen LogP contribution in [0.3, 0.4) is 0 Å². The first-order valence-corrected chi connectivity index (χ1v) is 4.49. The smallest absolute Gasteiger partial charge is 0.0962 e. The first-order valence-electron chi connectivity index (χ1n) is 4.49. The van der Waals surface area contributed by atoms with E-state index in [0.717, 1.165) is 18.6 Å². The van der Waals surface area contributed by atoms with Gasteiger partial charge in [0.2, 0.25) is 0 Å². The van der Waals surface area contributed by atoms with E-state index in [1.165, 1.54) is 24.2 Å². The summed E-state index contributed by atoms with van der Waals surface area (Å²) in [6, 6.07) is 0. The Labute approximate surface area is 73.5 Å². The summed E-state index contributed by atoms with van der Waals surface area (Å²) in [5.41, 5.74) is 3.01. The molecule has 0 aromatic heterocycles. The molecule has 2 nitrogen and oxygen atoms in total. The molecular weight excluding hydrogens is 150 g/mol. The maximum Gasteiger partial charge on any atom is 0.0962 e. The predicted octanol–water partition coefficient (Wildman–Crippen LogP) is 1.90. The highest BCUT2D eigenvalue weighted by atomic mass is 16.5. The molecular formula is C10H15NO. The molecule has 0 aromatic rings. The molecule has 0 radical (unpaired) electrons. The second kappa shape index (κ2) is 2.85. The van der Waals surface area contributed by atoms with Crippen LogP contribution in [-0.4, -0.2) is 25.6 Å². The Morgan fingerprint density at radius 3 is 2.92 bits per heavy atom. The quantitative estimate of drug-likeness (QED) is 0.588. The minimum Gasteiger partial charge on any atom is -0.501 e. The van der Waals surface area contributed by atoms with Gasteiger partial charge in [-0.25, -0.2) is 0 Å². The van der Waals surface area contributed by atoms with Gasteiger partial charge in [0, 0.05) is 25.7 Å². The molecule has 0 saturated carbocycles. The molecule has 66 valence electrons. The fourth-order valence-electron chi connectivity index (χ4n) is 1.99. The summed E-state index contributed by atoms with van der Waals surface area (Å²) in [5, 5.41) is 0. The Morgan fingerprint density at radius 1 is 1.33 bits per heavy atom. The summed E-state index contributed by atoms with van der Waals surface area (Å²) in [4.78, 5) is 2.36. The van der Waals surface area contributed by atoms with Crippen molar-refractivity contribution in [1.82, 2.24) is 4.90 Å². The lowest BCUT2D eigenvalue weighted by atomic mass is 10.0. The highest BCUT2D eigenvalue weighted by Crippen LogP contribution is 2.32. The van der Waals surface area contributed by atoms with Crippen molar-refractivity contribution in [3.05, 3.63) is 23.1 Å². The van der Waals surface area contributed by atoms with Crippen molar-refractivity contribution in [3.8, 4) is 0 Å². The normalized spacial score (nSPS) is 22.5. The van der Waals surface area contributed by atoms with Gasteiger partial charge in [-0.2, -0.15) is 0 Å². The van der Waals surface area contributed by atoms with E-state index < -0.39 is 0 Å². The molecule has 0 N–H and O–H groups in total. The number of hydrogen-bond acceptors (Lipinski definition) is 2. The average molecular weight is 165 g/mol. The first kappa shape index (κ1) is 7.71. The third-order valence-electron chi connectivity index (χ3n) is 2.75. The molecule has 1 heterocycles. The molecule has 0 amide bonds. The maximum absolute atomic E-state index is 5.24. The highest BCUT2D eigenvalue weighted by molar-refractivity contribution is 5.34. The van der Waals surface area contributed by atoms with E-state index in [1.807, 2.05) is 0 Å². The number of nitrogens with zero attached hydrogens (tertiary/aromatic N) is 1. The van der Waals surface area contributed by atoms with E-state index in [1.54, 1.807) is 7.11 Å². The molecule has 2 rings (SSSR count). The van der Waals surface area contributed by atoms with Crippen LogP contribution in [0, 0.1) is 0 Å². The standard InChI is InChI=1S/C10H15NO/c1-11-6-5-8-7-9(12-2)3-4-10(8)11/h7H,3-6H2,1-2H3. The van der Waals surface area contributed by atoms with Gasteiger partial charge in [0.05, 0.1) is 12.9 Å². The summed E-state index contributed by atoms with van der Waals surface area (Å²) < 4.78 is 5.24. The number of rotatable bonds is 1. The van der Waals surface area contributed by atoms with Crippen LogP contribution in [0.5, 0.6) is 0 Å². The molecule has 0 fully saturated rings. The minimum absolute atomic E-state index is 1.07. The van der Waals surface area contributed by atoms with Crippen LogP contribution in [0.1, 0.15) is 19.3 Å². The SMILES string of the molecule is COC1=CC2=C(CC1)N(C)CC2. The average Bonchev–Trinajstić information content (AvgIpc) is 2.47. The van der Waals surface area contributed by atoms with Crippen LogP contribution in [0.2, 0.25) is 0 Å². The Morgan fingerprint density at radius 2 is 2.17 bits per heavy atom. The van der Waals surface area contributed by atoms with Gasteiger partial charge < -0.3 is 9.64 Å². The van der Waals surface area contributed by atoms with Crippen molar-refractivity contribution >= 4 is 0 Å². The zero-order chi connectivity index (χ0) is 8.55. The Balaban J connectivity index is 2.24. The van der Waals surface area contributed by atoms with Gasteiger partial charge in [0.1, 0.15) is 0 Å². The van der Waals surface area contributed by atoms with Crippen molar-refractivity contribution in [2.75, 3.05) is 20.7 Å². The largest absolute Gasteiger partial charge is 0.501 e. The van der Waals surface area contributed by atoms with E-state index in [9.17, 15) is 0 Å². The molecule has 0 bridgehead atoms. The Bertz CT molecular complexity index is 253. The van der Waals surface area contributed by atoms with Crippen molar-refractivity contribution < 1.29 is 4.74 Å². The van der Waals surface area contributed by atoms with Crippen molar-refractivity contribution in [2.24, 2.45) is 0 Å². The van der Waals surface area contributed by atoms with Crippen LogP contribution < -0.4 is 0 Å². The van der Waals surface area contributed by atoms with E-state index in [0.29, 0.717) is 0 Å². The van der Waals surface area contributed by atoms with Crippen LogP contribution in [0.25, 0.3) is 0 Å². The van der Waals surface area contributed by atoms with Crippen molar-refractivity contribution in [1.29, 1.82) is 0 Å². The van der Waals surface area contributed by atoms with E-state index in [4.69, 9.17) is 4.74 Å². The second-order valence-electron chi connectivity index (χ2n) is 3.46. The van der Waals surface area contributed by atoms with Gasteiger partial charge in [0.15, 0.2) is 0 Å². The third-order valence-corrected chi connectivity index (χ3v) is 2.75. The number of allylic oxidation sites excluding steroid dienone is 3. The van der Waals surface area contributed by atoms with Gasteiger partial charge in [-0.05, 0) is 24.5 Å². The molecule has 2 heteroatoms. The van der Waals surface area contributed by atoms with Crippen LogP contribution in [0.15, 0.2) is 23.1 Å². The lowest BCUT2D eigenvalue weighted by molar-refractivity contribution is 0.272. The second-order valence-corrected chi connectivity index (χ2v) is 3.46. The molecule has 0 atom stereocenters. The van der Waals surface area contributed by atoms with Crippen LogP contribution >= 0.6 is 0 Å². The molecule has 0 aromatic carbocycles. The van der Waals surface area contributed by atoms with E-state index in [2.05, 4.69) is 18.0 Å². The highest BCUT2D eigenvalue weighted by Gasteiger charge is 2.21. The Kier molecular flexibility index (Phi) is 1.83. The van der Waals surface area contributed by atoms with Gasteiger partial charge >= 0.3 is 0 Å². The monoisotopic (exact) mass is 165 g/mol. The predicted molar refractivity (Wildman–Crippen MR) is 48.6 cm³/mol. The first-order chi connectivity index (χ1) is 5.81. The molecule has 0 unspecified atom stereocenters. The lowest BCUT2D eigenvalue weighted by Crippen LogP contribution is -2.14. The van der Waals surface area contributed by atoms with Crippen molar-refractivity contribution in [3.63, 3.8) is 0 Å².